The first-order chi connectivity index (χ1) is 13.6. The van der Waals surface area contributed by atoms with Crippen LogP contribution in [0.25, 0.3) is 10.2 Å². The summed E-state index contributed by atoms with van der Waals surface area (Å²) in [5, 5.41) is 3.98. The molecule has 1 unspecified atom stereocenters. The highest BCUT2D eigenvalue weighted by molar-refractivity contribution is 7.18. The molecule has 0 bridgehead atoms. The molecule has 6 nitrogen and oxygen atoms in total. The Morgan fingerprint density at radius 3 is 2.89 bits per heavy atom. The Balaban J connectivity index is 1.45. The van der Waals surface area contributed by atoms with Crippen LogP contribution in [0.3, 0.4) is 0 Å². The van der Waals surface area contributed by atoms with Crippen LogP contribution < -0.4 is 5.32 Å². The van der Waals surface area contributed by atoms with Crippen LogP contribution in [-0.4, -0.2) is 42.1 Å². The summed E-state index contributed by atoms with van der Waals surface area (Å²) in [6, 6.07) is 14.7. The van der Waals surface area contributed by atoms with Gasteiger partial charge < -0.3 is 15.0 Å². The van der Waals surface area contributed by atoms with Gasteiger partial charge in [0.25, 0.3) is 0 Å². The van der Waals surface area contributed by atoms with Crippen LogP contribution in [0.2, 0.25) is 0 Å². The number of hydrogen-bond donors (Lipinski definition) is 1. The van der Waals surface area contributed by atoms with Crippen molar-refractivity contribution in [1.82, 2.24) is 9.88 Å². The van der Waals surface area contributed by atoms with Gasteiger partial charge in [0, 0.05) is 24.7 Å². The zero-order valence-electron chi connectivity index (χ0n) is 15.6. The maximum Gasteiger partial charge on any atom is 0.337 e. The summed E-state index contributed by atoms with van der Waals surface area (Å²) in [4.78, 5) is 31.0. The molecule has 1 saturated heterocycles. The predicted octanol–water partition coefficient (Wildman–Crippen LogP) is 4.49. The van der Waals surface area contributed by atoms with Crippen LogP contribution in [-0.2, 0) is 4.74 Å². The molecule has 144 valence electrons. The van der Waals surface area contributed by atoms with Crippen LogP contribution in [0.5, 0.6) is 0 Å². The first kappa shape index (κ1) is 18.4. The lowest BCUT2D eigenvalue weighted by molar-refractivity contribution is 0.0600. The monoisotopic (exact) mass is 395 g/mol. The van der Waals surface area contributed by atoms with E-state index >= 15 is 0 Å². The summed E-state index contributed by atoms with van der Waals surface area (Å²) in [5.41, 5.74) is 2.00. The molecule has 4 rings (SSSR count). The van der Waals surface area contributed by atoms with Crippen LogP contribution >= 0.6 is 11.3 Å². The number of amides is 2. The number of methoxy groups -OCH3 is 1. The minimum atomic E-state index is -0.426. The molecule has 2 aromatic carbocycles. The Hall–Kier alpha value is -2.93. The number of rotatable bonds is 3. The van der Waals surface area contributed by atoms with Gasteiger partial charge in [0.2, 0.25) is 0 Å². The van der Waals surface area contributed by atoms with Crippen molar-refractivity contribution in [2.24, 2.45) is 0 Å². The number of thiazole rings is 1. The molecule has 1 N–H and O–H groups in total. The molecule has 3 aromatic rings. The van der Waals surface area contributed by atoms with Gasteiger partial charge in [-0.2, -0.15) is 0 Å². The number of aromatic nitrogens is 1. The molecule has 0 spiro atoms. The second-order valence-corrected chi connectivity index (χ2v) is 7.87. The number of para-hydroxylation sites is 1. The molecule has 0 saturated carbocycles. The van der Waals surface area contributed by atoms with Gasteiger partial charge in [0.05, 0.1) is 27.9 Å². The van der Waals surface area contributed by atoms with Crippen molar-refractivity contribution in [2.45, 2.75) is 18.8 Å². The standard InChI is InChI=1S/C21H21N3O3S/c1-27-20(25)14-6-4-8-16(12-14)22-21(26)24-11-5-7-15(13-24)19-23-17-9-2-3-10-18(17)28-19/h2-4,6,8-10,12,15H,5,7,11,13H2,1H3,(H,22,26). The van der Waals surface area contributed by atoms with Gasteiger partial charge in [-0.25, -0.2) is 14.6 Å². The third-order valence-electron chi connectivity index (χ3n) is 4.90. The number of urea groups is 1. The number of fused-ring (bicyclic) bond motifs is 1. The fourth-order valence-corrected chi connectivity index (χ4v) is 4.57. The molecule has 1 aliphatic rings. The molecule has 7 heteroatoms. The Morgan fingerprint density at radius 1 is 1.21 bits per heavy atom. The van der Waals surface area contributed by atoms with E-state index in [-0.39, 0.29) is 11.9 Å². The normalized spacial score (nSPS) is 16.8. The number of benzene rings is 2. The third kappa shape index (κ3) is 3.84. The van der Waals surface area contributed by atoms with E-state index in [0.717, 1.165) is 23.4 Å². The van der Waals surface area contributed by atoms with E-state index < -0.39 is 5.97 Å². The average molecular weight is 395 g/mol. The summed E-state index contributed by atoms with van der Waals surface area (Å²) in [5.74, 6) is -0.178. The molecule has 0 aliphatic carbocycles. The SMILES string of the molecule is COC(=O)c1cccc(NC(=O)N2CCCC(c3nc4ccccc4s3)C2)c1. The Kier molecular flexibility index (Phi) is 5.25. The molecular formula is C21H21N3O3S. The quantitative estimate of drug-likeness (QED) is 0.663. The number of esters is 1. The van der Waals surface area contributed by atoms with Gasteiger partial charge in [0.15, 0.2) is 0 Å². The number of hydrogen-bond acceptors (Lipinski definition) is 5. The maximum atomic E-state index is 12.7. The molecule has 2 heterocycles. The van der Waals surface area contributed by atoms with Crippen molar-refractivity contribution in [2.75, 3.05) is 25.5 Å². The lowest BCUT2D eigenvalue weighted by Gasteiger charge is -2.31. The third-order valence-corrected chi connectivity index (χ3v) is 6.10. The first-order valence-electron chi connectivity index (χ1n) is 9.24. The molecule has 1 aliphatic heterocycles. The van der Waals surface area contributed by atoms with Crippen molar-refractivity contribution in [3.05, 3.63) is 59.1 Å². The van der Waals surface area contributed by atoms with Crippen molar-refractivity contribution < 1.29 is 14.3 Å². The second kappa shape index (κ2) is 7.98. The van der Waals surface area contributed by atoms with Gasteiger partial charge in [-0.1, -0.05) is 18.2 Å². The van der Waals surface area contributed by atoms with E-state index in [1.54, 1.807) is 35.6 Å². The number of likely N-dealkylation sites (tertiary alicyclic amines) is 1. The fourth-order valence-electron chi connectivity index (χ4n) is 3.47. The molecule has 1 fully saturated rings. The average Bonchev–Trinajstić information content (AvgIpc) is 3.18. The van der Waals surface area contributed by atoms with Gasteiger partial charge >= 0.3 is 12.0 Å². The molecule has 28 heavy (non-hydrogen) atoms. The predicted molar refractivity (Wildman–Crippen MR) is 110 cm³/mol. The van der Waals surface area contributed by atoms with Gasteiger partial charge in [0.1, 0.15) is 0 Å². The molecule has 2 amide bonds. The van der Waals surface area contributed by atoms with E-state index in [0.29, 0.717) is 24.3 Å². The summed E-state index contributed by atoms with van der Waals surface area (Å²) >= 11 is 1.71. The largest absolute Gasteiger partial charge is 0.465 e. The highest BCUT2D eigenvalue weighted by Gasteiger charge is 2.27. The van der Waals surface area contributed by atoms with E-state index in [2.05, 4.69) is 11.4 Å². The number of ether oxygens (including phenoxy) is 1. The first-order valence-corrected chi connectivity index (χ1v) is 10.1. The smallest absolute Gasteiger partial charge is 0.337 e. The lowest BCUT2D eigenvalue weighted by atomic mass is 9.99. The highest BCUT2D eigenvalue weighted by Crippen LogP contribution is 2.33. The van der Waals surface area contributed by atoms with Gasteiger partial charge in [-0.05, 0) is 43.2 Å². The van der Waals surface area contributed by atoms with Crippen molar-refractivity contribution >= 4 is 39.2 Å². The Bertz CT molecular complexity index is 984. The zero-order valence-corrected chi connectivity index (χ0v) is 16.4. The maximum absolute atomic E-state index is 12.7. The van der Waals surface area contributed by atoms with E-state index in [1.807, 2.05) is 23.1 Å². The number of piperidine rings is 1. The number of carbonyl (C=O) groups is 2. The summed E-state index contributed by atoms with van der Waals surface area (Å²) in [7, 11) is 1.34. The van der Waals surface area contributed by atoms with Crippen LogP contribution in [0.15, 0.2) is 48.5 Å². The number of carbonyl (C=O) groups excluding carboxylic acids is 2. The molecular weight excluding hydrogens is 374 g/mol. The second-order valence-electron chi connectivity index (χ2n) is 6.81. The van der Waals surface area contributed by atoms with Gasteiger partial charge in [-0.3, -0.25) is 0 Å². The number of nitrogens with one attached hydrogen (secondary N) is 1. The fraction of sp³-hybridized carbons (Fsp3) is 0.286. The molecule has 1 atom stereocenters. The Labute approximate surface area is 167 Å². The summed E-state index contributed by atoms with van der Waals surface area (Å²) < 4.78 is 5.91. The summed E-state index contributed by atoms with van der Waals surface area (Å²) in [6.07, 6.45) is 1.97. The van der Waals surface area contributed by atoms with Crippen LogP contribution in [0.1, 0.15) is 34.1 Å². The van der Waals surface area contributed by atoms with Crippen molar-refractivity contribution in [3.63, 3.8) is 0 Å². The van der Waals surface area contributed by atoms with E-state index in [1.165, 1.54) is 11.8 Å². The number of nitrogens with zero attached hydrogens (tertiary/aromatic N) is 2. The highest BCUT2D eigenvalue weighted by atomic mass is 32.1. The summed E-state index contributed by atoms with van der Waals surface area (Å²) in [6.45, 7) is 1.35. The van der Waals surface area contributed by atoms with Crippen LogP contribution in [0.4, 0.5) is 10.5 Å². The lowest BCUT2D eigenvalue weighted by Crippen LogP contribution is -2.41. The van der Waals surface area contributed by atoms with Crippen LogP contribution in [0, 0.1) is 0 Å². The van der Waals surface area contributed by atoms with Crippen molar-refractivity contribution in [3.8, 4) is 0 Å². The minimum Gasteiger partial charge on any atom is -0.465 e. The molecule has 1 aromatic heterocycles. The van der Waals surface area contributed by atoms with Crippen molar-refractivity contribution in [1.29, 1.82) is 0 Å². The minimum absolute atomic E-state index is 0.159. The Morgan fingerprint density at radius 2 is 2.07 bits per heavy atom. The number of anilines is 1. The molecule has 0 radical (unpaired) electrons. The van der Waals surface area contributed by atoms with E-state index in [9.17, 15) is 9.59 Å². The van der Waals surface area contributed by atoms with E-state index in [4.69, 9.17) is 9.72 Å². The zero-order chi connectivity index (χ0) is 19.5. The van der Waals surface area contributed by atoms with Gasteiger partial charge in [-0.15, -0.1) is 11.3 Å². The topological polar surface area (TPSA) is 71.5 Å².